The van der Waals surface area contributed by atoms with Crippen LogP contribution in [0.15, 0.2) is 24.3 Å². The Morgan fingerprint density at radius 1 is 1.05 bits per heavy atom. The van der Waals surface area contributed by atoms with E-state index in [-0.39, 0.29) is 17.7 Å². The number of carboxylic acids is 1. The standard InChI is InChI=1S/C16H23NO3/c1-16(2,3)12-8-10-13(11-9-12)17-14(18)6-4-5-7-15(19)20/h8-11H,4-7H2,1-3H3,(H,17,18)(H,19,20). The molecule has 0 aromatic heterocycles. The normalized spacial score (nSPS) is 11.2. The molecule has 1 aromatic rings. The Bertz CT molecular complexity index is 458. The molecule has 2 N–H and O–H groups in total. The Kier molecular flexibility index (Phi) is 5.74. The zero-order chi connectivity index (χ0) is 15.2. The Morgan fingerprint density at radius 3 is 2.10 bits per heavy atom. The zero-order valence-electron chi connectivity index (χ0n) is 12.4. The van der Waals surface area contributed by atoms with Crippen molar-refractivity contribution in [3.05, 3.63) is 29.8 Å². The van der Waals surface area contributed by atoms with Crippen LogP contribution in [0.4, 0.5) is 5.69 Å². The molecule has 0 fully saturated rings. The summed E-state index contributed by atoms with van der Waals surface area (Å²) in [7, 11) is 0. The van der Waals surface area contributed by atoms with E-state index in [1.54, 1.807) is 0 Å². The first-order valence-corrected chi connectivity index (χ1v) is 6.91. The highest BCUT2D eigenvalue weighted by molar-refractivity contribution is 5.90. The van der Waals surface area contributed by atoms with Crippen LogP contribution in [-0.2, 0) is 15.0 Å². The smallest absolute Gasteiger partial charge is 0.303 e. The number of amides is 1. The van der Waals surface area contributed by atoms with Crippen molar-refractivity contribution in [2.24, 2.45) is 0 Å². The van der Waals surface area contributed by atoms with E-state index in [0.29, 0.717) is 19.3 Å². The minimum Gasteiger partial charge on any atom is -0.481 e. The summed E-state index contributed by atoms with van der Waals surface area (Å²) in [5.41, 5.74) is 2.09. The van der Waals surface area contributed by atoms with Gasteiger partial charge in [0.25, 0.3) is 0 Å². The Balaban J connectivity index is 2.41. The molecular weight excluding hydrogens is 254 g/mol. The predicted octanol–water partition coefficient (Wildman–Crippen LogP) is 3.57. The van der Waals surface area contributed by atoms with Gasteiger partial charge in [0, 0.05) is 18.5 Å². The number of carbonyl (C=O) groups is 2. The largest absolute Gasteiger partial charge is 0.481 e. The highest BCUT2D eigenvalue weighted by Crippen LogP contribution is 2.23. The van der Waals surface area contributed by atoms with Gasteiger partial charge in [0.2, 0.25) is 5.91 Å². The second kappa shape index (κ2) is 7.08. The van der Waals surface area contributed by atoms with Gasteiger partial charge in [0.05, 0.1) is 0 Å². The molecule has 1 aromatic carbocycles. The van der Waals surface area contributed by atoms with Crippen LogP contribution in [-0.4, -0.2) is 17.0 Å². The molecule has 0 aliphatic heterocycles. The van der Waals surface area contributed by atoms with Crippen molar-refractivity contribution in [2.75, 3.05) is 5.32 Å². The number of unbranched alkanes of at least 4 members (excludes halogenated alkanes) is 1. The second-order valence-electron chi connectivity index (χ2n) is 5.98. The molecule has 1 rings (SSSR count). The molecule has 0 radical (unpaired) electrons. The first-order valence-electron chi connectivity index (χ1n) is 6.91. The number of rotatable bonds is 6. The van der Waals surface area contributed by atoms with E-state index in [4.69, 9.17) is 5.11 Å². The summed E-state index contributed by atoms with van der Waals surface area (Å²) in [6.45, 7) is 6.43. The van der Waals surface area contributed by atoms with Crippen molar-refractivity contribution in [1.82, 2.24) is 0 Å². The lowest BCUT2D eigenvalue weighted by Gasteiger charge is -2.19. The summed E-state index contributed by atoms with van der Waals surface area (Å²) in [4.78, 5) is 22.0. The van der Waals surface area contributed by atoms with E-state index in [9.17, 15) is 9.59 Å². The van der Waals surface area contributed by atoms with E-state index in [2.05, 4.69) is 26.1 Å². The predicted molar refractivity (Wildman–Crippen MR) is 79.9 cm³/mol. The average Bonchev–Trinajstić information content (AvgIpc) is 2.34. The fourth-order valence-corrected chi connectivity index (χ4v) is 1.84. The number of carboxylic acid groups (broad SMARTS) is 1. The van der Waals surface area contributed by atoms with Crippen molar-refractivity contribution in [1.29, 1.82) is 0 Å². The van der Waals surface area contributed by atoms with Crippen LogP contribution in [0.2, 0.25) is 0 Å². The van der Waals surface area contributed by atoms with E-state index in [0.717, 1.165) is 5.69 Å². The third-order valence-electron chi connectivity index (χ3n) is 3.08. The van der Waals surface area contributed by atoms with Gasteiger partial charge in [0.1, 0.15) is 0 Å². The van der Waals surface area contributed by atoms with Gasteiger partial charge >= 0.3 is 5.97 Å². The molecule has 0 aliphatic rings. The van der Waals surface area contributed by atoms with E-state index in [1.807, 2.05) is 24.3 Å². The second-order valence-corrected chi connectivity index (χ2v) is 5.98. The molecule has 0 aliphatic carbocycles. The van der Waals surface area contributed by atoms with Gasteiger partial charge in [-0.05, 0) is 36.0 Å². The van der Waals surface area contributed by atoms with Gasteiger partial charge in [0.15, 0.2) is 0 Å². The molecule has 1 amide bonds. The summed E-state index contributed by atoms with van der Waals surface area (Å²) in [6, 6.07) is 7.82. The lowest BCUT2D eigenvalue weighted by molar-refractivity contribution is -0.137. The maximum atomic E-state index is 11.7. The minimum absolute atomic E-state index is 0.0705. The van der Waals surface area contributed by atoms with Gasteiger partial charge in [-0.1, -0.05) is 32.9 Å². The molecule has 4 nitrogen and oxygen atoms in total. The summed E-state index contributed by atoms with van der Waals surface area (Å²) in [6.07, 6.45) is 1.60. The van der Waals surface area contributed by atoms with E-state index < -0.39 is 5.97 Å². The number of nitrogens with one attached hydrogen (secondary N) is 1. The van der Waals surface area contributed by atoms with E-state index >= 15 is 0 Å². The van der Waals surface area contributed by atoms with Crippen LogP contribution in [0.25, 0.3) is 0 Å². The summed E-state index contributed by atoms with van der Waals surface area (Å²) in [5.74, 6) is -0.887. The molecule has 4 heteroatoms. The monoisotopic (exact) mass is 277 g/mol. The van der Waals surface area contributed by atoms with E-state index in [1.165, 1.54) is 5.56 Å². The van der Waals surface area contributed by atoms with Crippen LogP contribution in [0, 0.1) is 0 Å². The quantitative estimate of drug-likeness (QED) is 0.781. The molecule has 0 unspecified atom stereocenters. The molecule has 110 valence electrons. The molecule has 0 saturated heterocycles. The molecule has 0 bridgehead atoms. The Hall–Kier alpha value is -1.84. The van der Waals surface area contributed by atoms with Crippen LogP contribution < -0.4 is 5.32 Å². The number of carbonyl (C=O) groups excluding carboxylic acids is 1. The Morgan fingerprint density at radius 2 is 1.60 bits per heavy atom. The van der Waals surface area contributed by atoms with Gasteiger partial charge in [-0.15, -0.1) is 0 Å². The van der Waals surface area contributed by atoms with Gasteiger partial charge < -0.3 is 10.4 Å². The first kappa shape index (κ1) is 16.2. The van der Waals surface area contributed by atoms with Crippen molar-refractivity contribution < 1.29 is 14.7 Å². The fourth-order valence-electron chi connectivity index (χ4n) is 1.84. The number of benzene rings is 1. The van der Waals surface area contributed by atoms with Crippen molar-refractivity contribution in [3.63, 3.8) is 0 Å². The first-order chi connectivity index (χ1) is 9.29. The summed E-state index contributed by atoms with van der Waals surface area (Å²) in [5, 5.41) is 11.3. The highest BCUT2D eigenvalue weighted by atomic mass is 16.4. The lowest BCUT2D eigenvalue weighted by Crippen LogP contribution is -2.13. The molecule has 0 saturated carbocycles. The van der Waals surface area contributed by atoms with Crippen molar-refractivity contribution in [3.8, 4) is 0 Å². The summed E-state index contributed by atoms with van der Waals surface area (Å²) < 4.78 is 0. The maximum absolute atomic E-state index is 11.7. The molecule has 0 spiro atoms. The third kappa shape index (κ3) is 5.87. The number of hydrogen-bond donors (Lipinski definition) is 2. The van der Waals surface area contributed by atoms with Crippen LogP contribution in [0.1, 0.15) is 52.0 Å². The molecule has 0 atom stereocenters. The van der Waals surface area contributed by atoms with Crippen LogP contribution >= 0.6 is 0 Å². The van der Waals surface area contributed by atoms with Gasteiger partial charge in [-0.25, -0.2) is 0 Å². The lowest BCUT2D eigenvalue weighted by atomic mass is 9.87. The molecule has 20 heavy (non-hydrogen) atoms. The zero-order valence-corrected chi connectivity index (χ0v) is 12.4. The maximum Gasteiger partial charge on any atom is 0.303 e. The highest BCUT2D eigenvalue weighted by Gasteiger charge is 2.13. The van der Waals surface area contributed by atoms with Crippen molar-refractivity contribution >= 4 is 17.6 Å². The Labute approximate surface area is 120 Å². The number of hydrogen-bond acceptors (Lipinski definition) is 2. The number of anilines is 1. The SMILES string of the molecule is CC(C)(C)c1ccc(NC(=O)CCCCC(=O)O)cc1. The number of aliphatic carboxylic acids is 1. The minimum atomic E-state index is -0.817. The van der Waals surface area contributed by atoms with Gasteiger partial charge in [-0.2, -0.15) is 0 Å². The van der Waals surface area contributed by atoms with Gasteiger partial charge in [-0.3, -0.25) is 9.59 Å². The molecule has 0 heterocycles. The van der Waals surface area contributed by atoms with Crippen LogP contribution in [0.3, 0.4) is 0 Å². The topological polar surface area (TPSA) is 66.4 Å². The van der Waals surface area contributed by atoms with Crippen LogP contribution in [0.5, 0.6) is 0 Å². The molecular formula is C16H23NO3. The fraction of sp³-hybridized carbons (Fsp3) is 0.500. The van der Waals surface area contributed by atoms with Crippen molar-refractivity contribution in [2.45, 2.75) is 51.9 Å². The third-order valence-corrected chi connectivity index (χ3v) is 3.08. The summed E-state index contributed by atoms with van der Waals surface area (Å²) >= 11 is 0. The average molecular weight is 277 g/mol.